The molecule has 0 aliphatic heterocycles. The van der Waals surface area contributed by atoms with E-state index in [1.165, 1.54) is 7.11 Å². The van der Waals surface area contributed by atoms with Crippen LogP contribution in [0, 0.1) is 6.92 Å². The number of benzene rings is 1. The van der Waals surface area contributed by atoms with Crippen molar-refractivity contribution >= 4 is 23.2 Å². The Balaban J connectivity index is 1.82. The molecular formula is C19H19N3O3. The molecule has 25 heavy (non-hydrogen) atoms. The van der Waals surface area contributed by atoms with Gasteiger partial charge in [-0.25, -0.2) is 9.78 Å². The molecule has 3 aromatic rings. The van der Waals surface area contributed by atoms with Crippen molar-refractivity contribution in [3.05, 3.63) is 65.1 Å². The number of nitrogens with one attached hydrogen (secondary N) is 1. The first-order valence-electron chi connectivity index (χ1n) is 8.00. The third-order valence-electron chi connectivity index (χ3n) is 4.12. The van der Waals surface area contributed by atoms with E-state index in [9.17, 15) is 9.59 Å². The quantitative estimate of drug-likeness (QED) is 0.742. The van der Waals surface area contributed by atoms with Crippen molar-refractivity contribution in [3.63, 3.8) is 0 Å². The van der Waals surface area contributed by atoms with Crippen molar-refractivity contribution in [2.45, 2.75) is 20.3 Å². The zero-order chi connectivity index (χ0) is 18.0. The van der Waals surface area contributed by atoms with E-state index in [0.29, 0.717) is 16.8 Å². The Labute approximate surface area is 145 Å². The van der Waals surface area contributed by atoms with Gasteiger partial charge < -0.3 is 14.5 Å². The second-order valence-electron chi connectivity index (χ2n) is 5.67. The van der Waals surface area contributed by atoms with E-state index in [1.54, 1.807) is 36.5 Å². The highest BCUT2D eigenvalue weighted by molar-refractivity contribution is 6.04. The number of esters is 1. The van der Waals surface area contributed by atoms with Crippen LogP contribution in [0.15, 0.2) is 42.6 Å². The summed E-state index contributed by atoms with van der Waals surface area (Å²) in [5, 5.41) is 2.82. The molecule has 1 amide bonds. The Morgan fingerprint density at radius 3 is 2.44 bits per heavy atom. The van der Waals surface area contributed by atoms with Crippen LogP contribution in [0.1, 0.15) is 39.0 Å². The lowest BCUT2D eigenvalue weighted by atomic mass is 10.2. The van der Waals surface area contributed by atoms with E-state index in [4.69, 9.17) is 0 Å². The molecule has 0 radical (unpaired) electrons. The molecule has 2 aromatic heterocycles. The topological polar surface area (TPSA) is 72.7 Å². The maximum absolute atomic E-state index is 12.5. The fraction of sp³-hybridized carbons (Fsp3) is 0.211. The molecule has 0 saturated carbocycles. The molecule has 1 aromatic carbocycles. The number of carbonyl (C=O) groups excluding carboxylic acids is 2. The van der Waals surface area contributed by atoms with Gasteiger partial charge in [0, 0.05) is 17.6 Å². The highest BCUT2D eigenvalue weighted by Crippen LogP contribution is 2.16. The van der Waals surface area contributed by atoms with Gasteiger partial charge in [0.05, 0.1) is 23.9 Å². The summed E-state index contributed by atoms with van der Waals surface area (Å²) in [7, 11) is 1.33. The van der Waals surface area contributed by atoms with E-state index in [-0.39, 0.29) is 5.91 Å². The smallest absolute Gasteiger partial charge is 0.337 e. The summed E-state index contributed by atoms with van der Waals surface area (Å²) in [4.78, 5) is 28.5. The van der Waals surface area contributed by atoms with Crippen molar-refractivity contribution < 1.29 is 14.3 Å². The van der Waals surface area contributed by atoms with Gasteiger partial charge in [-0.1, -0.05) is 6.92 Å². The minimum atomic E-state index is -0.411. The molecule has 0 unspecified atom stereocenters. The summed E-state index contributed by atoms with van der Waals surface area (Å²) in [6.07, 6.45) is 2.64. The minimum Gasteiger partial charge on any atom is -0.465 e. The second kappa shape index (κ2) is 6.76. The number of methoxy groups -OCH3 is 1. The van der Waals surface area contributed by atoms with E-state index in [2.05, 4.69) is 22.0 Å². The van der Waals surface area contributed by atoms with Crippen molar-refractivity contribution in [3.8, 4) is 0 Å². The number of pyridine rings is 1. The van der Waals surface area contributed by atoms with E-state index in [0.717, 1.165) is 23.5 Å². The average Bonchev–Trinajstić information content (AvgIpc) is 2.97. The number of hydrogen-bond acceptors (Lipinski definition) is 4. The molecule has 2 heterocycles. The number of rotatable bonds is 4. The van der Waals surface area contributed by atoms with Gasteiger partial charge >= 0.3 is 5.97 Å². The van der Waals surface area contributed by atoms with Crippen LogP contribution < -0.4 is 5.32 Å². The van der Waals surface area contributed by atoms with Gasteiger partial charge in [-0.15, -0.1) is 0 Å². The zero-order valence-electron chi connectivity index (χ0n) is 14.4. The van der Waals surface area contributed by atoms with E-state index < -0.39 is 5.97 Å². The Morgan fingerprint density at radius 2 is 1.80 bits per heavy atom. The summed E-state index contributed by atoms with van der Waals surface area (Å²) in [6, 6.07) is 10.1. The maximum Gasteiger partial charge on any atom is 0.337 e. The van der Waals surface area contributed by atoms with Crippen LogP contribution in [0.25, 0.3) is 5.65 Å². The second-order valence-corrected chi connectivity index (χ2v) is 5.67. The SMILES string of the molecule is CCc1nc2ccc(C(=O)Nc3ccc(C(=O)OC)cc3)cn2c1C. The summed E-state index contributed by atoms with van der Waals surface area (Å²) in [5.74, 6) is -0.635. The van der Waals surface area contributed by atoms with Crippen LogP contribution in [0.2, 0.25) is 0 Å². The van der Waals surface area contributed by atoms with Gasteiger partial charge in [0.2, 0.25) is 0 Å². The molecule has 0 aliphatic carbocycles. The minimum absolute atomic E-state index is 0.223. The lowest BCUT2D eigenvalue weighted by molar-refractivity contribution is 0.0600. The number of imidazole rings is 1. The van der Waals surface area contributed by atoms with Gasteiger partial charge in [0.25, 0.3) is 5.91 Å². The molecule has 3 rings (SSSR count). The lowest BCUT2D eigenvalue weighted by Crippen LogP contribution is -2.13. The first-order chi connectivity index (χ1) is 12.0. The number of nitrogens with zero attached hydrogens (tertiary/aromatic N) is 2. The first kappa shape index (κ1) is 16.7. The Morgan fingerprint density at radius 1 is 1.12 bits per heavy atom. The van der Waals surface area contributed by atoms with E-state index in [1.807, 2.05) is 17.4 Å². The molecule has 0 aliphatic rings. The molecule has 0 bridgehead atoms. The number of hydrogen-bond donors (Lipinski definition) is 1. The molecule has 0 atom stereocenters. The standard InChI is InChI=1S/C19H19N3O3/c1-4-16-12(2)22-11-14(7-10-17(22)21-16)18(23)20-15-8-5-13(6-9-15)19(24)25-3/h5-11H,4H2,1-3H3,(H,20,23). The number of anilines is 1. The molecule has 6 heteroatoms. The number of aryl methyl sites for hydroxylation is 2. The van der Waals surface area contributed by atoms with Gasteiger partial charge in [0.15, 0.2) is 0 Å². The van der Waals surface area contributed by atoms with Crippen LogP contribution >= 0.6 is 0 Å². The van der Waals surface area contributed by atoms with Crippen LogP contribution in [0.5, 0.6) is 0 Å². The van der Waals surface area contributed by atoms with Crippen molar-refractivity contribution in [1.29, 1.82) is 0 Å². The number of fused-ring (bicyclic) bond motifs is 1. The zero-order valence-corrected chi connectivity index (χ0v) is 14.4. The predicted octanol–water partition coefficient (Wildman–Crippen LogP) is 3.24. The van der Waals surface area contributed by atoms with Crippen LogP contribution in [-0.2, 0) is 11.2 Å². The van der Waals surface area contributed by atoms with Gasteiger partial charge in [-0.3, -0.25) is 4.79 Å². The van der Waals surface area contributed by atoms with Crippen LogP contribution in [-0.4, -0.2) is 28.4 Å². The summed E-state index contributed by atoms with van der Waals surface area (Å²) in [5.41, 5.74) is 4.46. The third kappa shape index (κ3) is 3.24. The monoisotopic (exact) mass is 337 g/mol. The van der Waals surface area contributed by atoms with Crippen LogP contribution in [0.4, 0.5) is 5.69 Å². The van der Waals surface area contributed by atoms with Gasteiger partial charge in [-0.2, -0.15) is 0 Å². The molecule has 1 N–H and O–H groups in total. The Kier molecular flexibility index (Phi) is 4.52. The summed E-state index contributed by atoms with van der Waals surface area (Å²) < 4.78 is 6.58. The fourth-order valence-electron chi connectivity index (χ4n) is 2.69. The Hall–Kier alpha value is -3.15. The highest BCUT2D eigenvalue weighted by atomic mass is 16.5. The fourth-order valence-corrected chi connectivity index (χ4v) is 2.69. The molecule has 0 saturated heterocycles. The molecule has 0 spiro atoms. The normalized spacial score (nSPS) is 10.7. The molecule has 0 fully saturated rings. The van der Waals surface area contributed by atoms with Gasteiger partial charge in [-0.05, 0) is 49.7 Å². The van der Waals surface area contributed by atoms with Crippen LogP contribution in [0.3, 0.4) is 0 Å². The average molecular weight is 337 g/mol. The highest BCUT2D eigenvalue weighted by Gasteiger charge is 2.12. The largest absolute Gasteiger partial charge is 0.465 e. The van der Waals surface area contributed by atoms with E-state index >= 15 is 0 Å². The number of ether oxygens (including phenoxy) is 1. The Bertz CT molecular complexity index is 942. The van der Waals surface area contributed by atoms with Crippen molar-refractivity contribution in [1.82, 2.24) is 9.38 Å². The summed E-state index contributed by atoms with van der Waals surface area (Å²) >= 11 is 0. The van der Waals surface area contributed by atoms with Crippen molar-refractivity contribution in [2.24, 2.45) is 0 Å². The molecular weight excluding hydrogens is 318 g/mol. The predicted molar refractivity (Wildman–Crippen MR) is 95.0 cm³/mol. The lowest BCUT2D eigenvalue weighted by Gasteiger charge is -2.07. The molecule has 6 nitrogen and oxygen atoms in total. The number of amides is 1. The molecule has 128 valence electrons. The first-order valence-corrected chi connectivity index (χ1v) is 8.00. The third-order valence-corrected chi connectivity index (χ3v) is 4.12. The van der Waals surface area contributed by atoms with Crippen molar-refractivity contribution in [2.75, 3.05) is 12.4 Å². The number of aromatic nitrogens is 2. The summed E-state index contributed by atoms with van der Waals surface area (Å²) in [6.45, 7) is 4.05. The maximum atomic E-state index is 12.5. The van der Waals surface area contributed by atoms with Gasteiger partial charge in [0.1, 0.15) is 5.65 Å². The number of carbonyl (C=O) groups is 2.